The van der Waals surface area contributed by atoms with E-state index in [1.165, 1.54) is 7.11 Å². The van der Waals surface area contributed by atoms with Crippen molar-refractivity contribution in [1.82, 2.24) is 9.97 Å². The van der Waals surface area contributed by atoms with Crippen molar-refractivity contribution in [2.45, 2.75) is 0 Å². The number of H-pyrrole nitrogens is 1. The Bertz CT molecular complexity index is 462. The molecule has 0 saturated heterocycles. The molecule has 2 aromatic rings. The quantitative estimate of drug-likeness (QED) is 0.577. The molecule has 0 atom stereocenters. The first kappa shape index (κ1) is 9.45. The summed E-state index contributed by atoms with van der Waals surface area (Å²) in [5.74, 6) is 0.135. The highest BCUT2D eigenvalue weighted by Crippen LogP contribution is 2.19. The van der Waals surface area contributed by atoms with Crippen molar-refractivity contribution in [2.75, 3.05) is 7.11 Å². The summed E-state index contributed by atoms with van der Waals surface area (Å²) < 4.78 is 4.83. The zero-order valence-corrected chi connectivity index (χ0v) is 8.32. The highest BCUT2D eigenvalue weighted by Gasteiger charge is 2.05. The number of methoxy groups -OCH3 is 1. The number of nitrogens with zero attached hydrogens (tertiary/aromatic N) is 1. The van der Waals surface area contributed by atoms with Gasteiger partial charge in [0.15, 0.2) is 0 Å². The van der Waals surface area contributed by atoms with Crippen molar-refractivity contribution in [2.24, 2.45) is 0 Å². The zero-order valence-electron chi connectivity index (χ0n) is 8.32. The molecule has 0 bridgehead atoms. The molecule has 2 rings (SSSR count). The number of pyridine rings is 1. The van der Waals surface area contributed by atoms with E-state index >= 15 is 0 Å². The van der Waals surface area contributed by atoms with Gasteiger partial charge in [-0.25, -0.2) is 0 Å². The maximum Gasteiger partial charge on any atom is 0.229 e. The first-order chi connectivity index (χ1) is 7.31. The number of ether oxygens (including phenoxy) is 1. The molecule has 0 aliphatic carbocycles. The molecule has 4 nitrogen and oxygen atoms in total. The molecular weight excluding hydrogens is 190 g/mol. The molecule has 0 radical (unpaired) electrons. The maximum atomic E-state index is 7.49. The second-order valence-electron chi connectivity index (χ2n) is 3.07. The fraction of sp³-hybridized carbons (Fsp3) is 0.0909. The Labute approximate surface area is 87.4 Å². The van der Waals surface area contributed by atoms with Crippen molar-refractivity contribution < 1.29 is 4.74 Å². The molecule has 2 N–H and O–H groups in total. The fourth-order valence-electron chi connectivity index (χ4n) is 1.35. The zero-order chi connectivity index (χ0) is 10.7. The summed E-state index contributed by atoms with van der Waals surface area (Å²) in [6.07, 6.45) is 5.32. The smallest absolute Gasteiger partial charge is 0.229 e. The molecule has 15 heavy (non-hydrogen) atoms. The minimum atomic E-state index is 0.135. The van der Waals surface area contributed by atoms with Crippen molar-refractivity contribution >= 4 is 5.90 Å². The summed E-state index contributed by atoms with van der Waals surface area (Å²) in [7, 11) is 1.48. The molecule has 0 aliphatic rings. The third kappa shape index (κ3) is 1.88. The van der Waals surface area contributed by atoms with E-state index in [4.69, 9.17) is 10.1 Å². The van der Waals surface area contributed by atoms with Crippen molar-refractivity contribution in [3.8, 4) is 11.1 Å². The molecule has 2 aromatic heterocycles. The molecule has 0 amide bonds. The third-order valence-corrected chi connectivity index (χ3v) is 2.15. The molecule has 2 heterocycles. The van der Waals surface area contributed by atoms with E-state index in [1.54, 1.807) is 12.4 Å². The molecule has 0 fully saturated rings. The van der Waals surface area contributed by atoms with Crippen LogP contribution in [0.5, 0.6) is 0 Å². The Balaban J connectivity index is 2.32. The number of hydrogen-bond donors (Lipinski definition) is 2. The van der Waals surface area contributed by atoms with Gasteiger partial charge in [0, 0.05) is 24.2 Å². The monoisotopic (exact) mass is 201 g/mol. The maximum absolute atomic E-state index is 7.49. The standard InChI is InChI=1S/C11H11N3O/c1-15-11(12)10-6-9(7-14-10)8-2-4-13-5-3-8/h2-7,12,14H,1H3. The Hall–Kier alpha value is -2.10. The van der Waals surface area contributed by atoms with Crippen LogP contribution in [-0.2, 0) is 4.74 Å². The molecule has 4 heteroatoms. The number of aromatic nitrogens is 2. The summed E-state index contributed by atoms with van der Waals surface area (Å²) in [6, 6.07) is 5.72. The topological polar surface area (TPSA) is 61.8 Å². The van der Waals surface area contributed by atoms with Crippen molar-refractivity contribution in [1.29, 1.82) is 5.41 Å². The summed E-state index contributed by atoms with van der Waals surface area (Å²) in [6.45, 7) is 0. The van der Waals surface area contributed by atoms with Crippen molar-refractivity contribution in [3.05, 3.63) is 42.5 Å². The first-order valence-electron chi connectivity index (χ1n) is 4.53. The second kappa shape index (κ2) is 3.96. The van der Waals surface area contributed by atoms with Gasteiger partial charge in [-0.05, 0) is 23.8 Å². The van der Waals surface area contributed by atoms with Crippen LogP contribution in [0.4, 0.5) is 0 Å². The molecule has 0 spiro atoms. The van der Waals surface area contributed by atoms with E-state index in [0.29, 0.717) is 5.69 Å². The van der Waals surface area contributed by atoms with Gasteiger partial charge in [-0.3, -0.25) is 10.4 Å². The van der Waals surface area contributed by atoms with Crippen LogP contribution in [0.15, 0.2) is 36.8 Å². The van der Waals surface area contributed by atoms with Gasteiger partial charge in [0.1, 0.15) is 5.69 Å². The highest BCUT2D eigenvalue weighted by atomic mass is 16.5. The van der Waals surface area contributed by atoms with Crippen LogP contribution in [0.25, 0.3) is 11.1 Å². The van der Waals surface area contributed by atoms with Gasteiger partial charge < -0.3 is 9.72 Å². The number of rotatable bonds is 2. The normalized spacial score (nSPS) is 9.93. The van der Waals surface area contributed by atoms with E-state index < -0.39 is 0 Å². The lowest BCUT2D eigenvalue weighted by Gasteiger charge is -1.97. The number of hydrogen-bond acceptors (Lipinski definition) is 3. The van der Waals surface area contributed by atoms with E-state index in [1.807, 2.05) is 24.4 Å². The Morgan fingerprint density at radius 2 is 2.07 bits per heavy atom. The van der Waals surface area contributed by atoms with Crippen LogP contribution in [-0.4, -0.2) is 23.0 Å². The highest BCUT2D eigenvalue weighted by molar-refractivity contribution is 5.91. The Morgan fingerprint density at radius 3 is 2.73 bits per heavy atom. The molecule has 0 aliphatic heterocycles. The predicted molar refractivity (Wildman–Crippen MR) is 57.9 cm³/mol. The molecule has 0 saturated carbocycles. The lowest BCUT2D eigenvalue weighted by molar-refractivity contribution is 0.400. The molecule has 76 valence electrons. The van der Waals surface area contributed by atoms with E-state index in [-0.39, 0.29) is 5.90 Å². The van der Waals surface area contributed by atoms with Gasteiger partial charge in [0.25, 0.3) is 0 Å². The van der Waals surface area contributed by atoms with Crippen LogP contribution < -0.4 is 0 Å². The summed E-state index contributed by atoms with van der Waals surface area (Å²) in [5.41, 5.74) is 2.76. The lowest BCUT2D eigenvalue weighted by atomic mass is 10.1. The van der Waals surface area contributed by atoms with E-state index in [9.17, 15) is 0 Å². The van der Waals surface area contributed by atoms with Gasteiger partial charge in [-0.2, -0.15) is 0 Å². The number of nitrogens with one attached hydrogen (secondary N) is 2. The average molecular weight is 201 g/mol. The SMILES string of the molecule is COC(=N)c1cc(-c2ccncc2)c[nH]1. The van der Waals surface area contributed by atoms with Crippen LogP contribution in [0.1, 0.15) is 5.69 Å². The van der Waals surface area contributed by atoms with Gasteiger partial charge in [-0.1, -0.05) is 0 Å². The first-order valence-corrected chi connectivity index (χ1v) is 4.53. The van der Waals surface area contributed by atoms with Gasteiger partial charge >= 0.3 is 0 Å². The molecule has 0 unspecified atom stereocenters. The minimum Gasteiger partial charge on any atom is -0.480 e. The summed E-state index contributed by atoms with van der Waals surface area (Å²) >= 11 is 0. The lowest BCUT2D eigenvalue weighted by Crippen LogP contribution is -2.00. The average Bonchev–Trinajstić information content (AvgIpc) is 2.78. The van der Waals surface area contributed by atoms with Gasteiger partial charge in [-0.15, -0.1) is 0 Å². The van der Waals surface area contributed by atoms with Crippen LogP contribution in [0, 0.1) is 5.41 Å². The third-order valence-electron chi connectivity index (χ3n) is 2.15. The van der Waals surface area contributed by atoms with Crippen LogP contribution in [0.3, 0.4) is 0 Å². The van der Waals surface area contributed by atoms with E-state index in [0.717, 1.165) is 11.1 Å². The number of aromatic amines is 1. The molecule has 0 aromatic carbocycles. The Kier molecular flexibility index (Phi) is 2.49. The summed E-state index contributed by atoms with van der Waals surface area (Å²) in [5, 5.41) is 7.49. The van der Waals surface area contributed by atoms with E-state index in [2.05, 4.69) is 9.97 Å². The Morgan fingerprint density at radius 1 is 1.33 bits per heavy atom. The predicted octanol–water partition coefficient (Wildman–Crippen LogP) is 2.05. The summed E-state index contributed by atoms with van der Waals surface area (Å²) in [4.78, 5) is 6.94. The van der Waals surface area contributed by atoms with Crippen molar-refractivity contribution in [3.63, 3.8) is 0 Å². The largest absolute Gasteiger partial charge is 0.480 e. The van der Waals surface area contributed by atoms with Gasteiger partial charge in [0.05, 0.1) is 7.11 Å². The second-order valence-corrected chi connectivity index (χ2v) is 3.07. The van der Waals surface area contributed by atoms with Gasteiger partial charge in [0.2, 0.25) is 5.90 Å². The molecular formula is C11H11N3O. The minimum absolute atomic E-state index is 0.135. The van der Waals surface area contributed by atoms with Crippen LogP contribution in [0.2, 0.25) is 0 Å². The van der Waals surface area contributed by atoms with Crippen LogP contribution >= 0.6 is 0 Å². The fourth-order valence-corrected chi connectivity index (χ4v) is 1.35.